The summed E-state index contributed by atoms with van der Waals surface area (Å²) < 4.78 is 0. The summed E-state index contributed by atoms with van der Waals surface area (Å²) in [5.41, 5.74) is 2.78. The van der Waals surface area contributed by atoms with Gasteiger partial charge in [-0.2, -0.15) is 0 Å². The molecule has 2 atom stereocenters. The molecule has 1 N–H and O–H groups in total. The smallest absolute Gasteiger partial charge is 0.0346 e. The zero-order valence-corrected chi connectivity index (χ0v) is 8.38. The minimum atomic E-state index is 0.584. The minimum absolute atomic E-state index is 0.584. The first kappa shape index (κ1) is 8.76. The summed E-state index contributed by atoms with van der Waals surface area (Å²) in [6.45, 7) is 5.62. The number of nitrogens with one attached hydrogen (secondary N) is 1. The van der Waals surface area contributed by atoms with E-state index in [-0.39, 0.29) is 0 Å². The molecule has 1 fully saturated rings. The van der Waals surface area contributed by atoms with E-state index in [2.05, 4.69) is 43.4 Å². The SMILES string of the molecule is Cc1ccc([C@@H]2NCC[C@H]2C)cc1. The first-order chi connectivity index (χ1) is 6.27. The van der Waals surface area contributed by atoms with Gasteiger partial charge in [0.1, 0.15) is 0 Å². The fourth-order valence-electron chi connectivity index (χ4n) is 2.05. The van der Waals surface area contributed by atoms with Crippen LogP contribution in [0.25, 0.3) is 0 Å². The molecule has 1 aliphatic rings. The Balaban J connectivity index is 2.20. The van der Waals surface area contributed by atoms with E-state index in [0.717, 1.165) is 5.92 Å². The fourth-order valence-corrected chi connectivity index (χ4v) is 2.05. The van der Waals surface area contributed by atoms with Crippen molar-refractivity contribution in [1.82, 2.24) is 5.32 Å². The lowest BCUT2D eigenvalue weighted by molar-refractivity contribution is 0.503. The lowest BCUT2D eigenvalue weighted by Gasteiger charge is -2.15. The van der Waals surface area contributed by atoms with Crippen LogP contribution in [0.5, 0.6) is 0 Å². The van der Waals surface area contributed by atoms with E-state index in [1.807, 2.05) is 0 Å². The zero-order chi connectivity index (χ0) is 9.26. The topological polar surface area (TPSA) is 12.0 Å². The highest BCUT2D eigenvalue weighted by molar-refractivity contribution is 5.25. The van der Waals surface area contributed by atoms with Crippen LogP contribution < -0.4 is 5.32 Å². The maximum atomic E-state index is 3.54. The normalized spacial score (nSPS) is 27.8. The maximum Gasteiger partial charge on any atom is 0.0346 e. The van der Waals surface area contributed by atoms with Gasteiger partial charge in [-0.25, -0.2) is 0 Å². The van der Waals surface area contributed by atoms with Gasteiger partial charge in [0.2, 0.25) is 0 Å². The predicted octanol–water partition coefficient (Wildman–Crippen LogP) is 2.67. The zero-order valence-electron chi connectivity index (χ0n) is 8.38. The van der Waals surface area contributed by atoms with E-state index in [1.54, 1.807) is 0 Å². The molecule has 0 amide bonds. The Bertz CT molecular complexity index is 276. The van der Waals surface area contributed by atoms with Crippen molar-refractivity contribution in [3.63, 3.8) is 0 Å². The molecule has 1 heteroatoms. The Labute approximate surface area is 80.2 Å². The third-order valence-corrected chi connectivity index (χ3v) is 2.97. The minimum Gasteiger partial charge on any atom is -0.310 e. The molecule has 0 aliphatic carbocycles. The molecule has 1 aromatic rings. The van der Waals surface area contributed by atoms with E-state index >= 15 is 0 Å². The summed E-state index contributed by atoms with van der Waals surface area (Å²) in [6.07, 6.45) is 1.30. The van der Waals surface area contributed by atoms with Gasteiger partial charge in [-0.15, -0.1) is 0 Å². The summed E-state index contributed by atoms with van der Waals surface area (Å²) in [7, 11) is 0. The second-order valence-corrected chi connectivity index (χ2v) is 4.11. The second-order valence-electron chi connectivity index (χ2n) is 4.11. The molecule has 1 aliphatic heterocycles. The third-order valence-electron chi connectivity index (χ3n) is 2.97. The Morgan fingerprint density at radius 3 is 2.46 bits per heavy atom. The van der Waals surface area contributed by atoms with Crippen molar-refractivity contribution >= 4 is 0 Å². The van der Waals surface area contributed by atoms with Gasteiger partial charge in [0.05, 0.1) is 0 Å². The van der Waals surface area contributed by atoms with E-state index in [1.165, 1.54) is 24.1 Å². The average Bonchev–Trinajstić information content (AvgIpc) is 2.53. The molecule has 70 valence electrons. The Morgan fingerprint density at radius 1 is 1.23 bits per heavy atom. The van der Waals surface area contributed by atoms with Crippen molar-refractivity contribution < 1.29 is 0 Å². The van der Waals surface area contributed by atoms with Crippen LogP contribution in [0, 0.1) is 12.8 Å². The number of hydrogen-bond donors (Lipinski definition) is 1. The number of hydrogen-bond acceptors (Lipinski definition) is 1. The van der Waals surface area contributed by atoms with Crippen molar-refractivity contribution in [3.05, 3.63) is 35.4 Å². The van der Waals surface area contributed by atoms with Gasteiger partial charge >= 0.3 is 0 Å². The summed E-state index contributed by atoms with van der Waals surface area (Å²) in [4.78, 5) is 0. The highest BCUT2D eigenvalue weighted by Gasteiger charge is 2.23. The molecule has 2 rings (SSSR count). The average molecular weight is 175 g/mol. The van der Waals surface area contributed by atoms with E-state index in [4.69, 9.17) is 0 Å². The highest BCUT2D eigenvalue weighted by atomic mass is 14.9. The second kappa shape index (κ2) is 3.51. The van der Waals surface area contributed by atoms with Crippen LogP contribution in [-0.4, -0.2) is 6.54 Å². The summed E-state index contributed by atoms with van der Waals surface area (Å²) in [5, 5.41) is 3.54. The molecule has 13 heavy (non-hydrogen) atoms. The number of aryl methyl sites for hydroxylation is 1. The lowest BCUT2D eigenvalue weighted by Crippen LogP contribution is -2.16. The van der Waals surface area contributed by atoms with Crippen LogP contribution in [0.15, 0.2) is 24.3 Å². The van der Waals surface area contributed by atoms with Crippen molar-refractivity contribution in [2.45, 2.75) is 26.3 Å². The standard InChI is InChI=1S/C12H17N/c1-9-3-5-11(6-4-9)12-10(2)7-8-13-12/h3-6,10,12-13H,7-8H2,1-2H3/t10-,12-/m1/s1. The number of benzene rings is 1. The lowest BCUT2D eigenvalue weighted by atomic mass is 9.95. The quantitative estimate of drug-likeness (QED) is 0.692. The molecule has 0 saturated carbocycles. The van der Waals surface area contributed by atoms with Gasteiger partial charge in [-0.1, -0.05) is 36.8 Å². The van der Waals surface area contributed by atoms with Crippen LogP contribution in [0.3, 0.4) is 0 Å². The molecule has 0 bridgehead atoms. The Hall–Kier alpha value is -0.820. The third kappa shape index (κ3) is 1.75. The summed E-state index contributed by atoms with van der Waals surface area (Å²) in [5.74, 6) is 0.780. The van der Waals surface area contributed by atoms with Crippen molar-refractivity contribution in [1.29, 1.82) is 0 Å². The largest absolute Gasteiger partial charge is 0.310 e. The highest BCUT2D eigenvalue weighted by Crippen LogP contribution is 2.28. The Morgan fingerprint density at radius 2 is 1.92 bits per heavy atom. The first-order valence-electron chi connectivity index (χ1n) is 5.07. The van der Waals surface area contributed by atoms with Crippen molar-refractivity contribution in [2.24, 2.45) is 5.92 Å². The van der Waals surface area contributed by atoms with E-state index in [0.29, 0.717) is 6.04 Å². The number of rotatable bonds is 1. The molecule has 0 spiro atoms. The molecular weight excluding hydrogens is 158 g/mol. The molecular formula is C12H17N. The van der Waals surface area contributed by atoms with E-state index < -0.39 is 0 Å². The van der Waals surface area contributed by atoms with Crippen LogP contribution in [0.1, 0.15) is 30.5 Å². The molecule has 1 heterocycles. The summed E-state index contributed by atoms with van der Waals surface area (Å²) >= 11 is 0. The molecule has 1 nitrogen and oxygen atoms in total. The van der Waals surface area contributed by atoms with Gasteiger partial charge in [-0.3, -0.25) is 0 Å². The van der Waals surface area contributed by atoms with E-state index in [9.17, 15) is 0 Å². The monoisotopic (exact) mass is 175 g/mol. The van der Waals surface area contributed by atoms with Crippen LogP contribution in [-0.2, 0) is 0 Å². The fraction of sp³-hybridized carbons (Fsp3) is 0.500. The molecule has 0 radical (unpaired) electrons. The maximum absolute atomic E-state index is 3.54. The van der Waals surface area contributed by atoms with Crippen LogP contribution in [0.2, 0.25) is 0 Å². The van der Waals surface area contributed by atoms with Gasteiger partial charge in [0, 0.05) is 6.04 Å². The first-order valence-corrected chi connectivity index (χ1v) is 5.07. The van der Waals surface area contributed by atoms with Gasteiger partial charge in [0.15, 0.2) is 0 Å². The van der Waals surface area contributed by atoms with Crippen LogP contribution in [0.4, 0.5) is 0 Å². The van der Waals surface area contributed by atoms with Crippen LogP contribution >= 0.6 is 0 Å². The molecule has 0 unspecified atom stereocenters. The predicted molar refractivity (Wildman–Crippen MR) is 55.7 cm³/mol. The molecule has 0 aromatic heterocycles. The van der Waals surface area contributed by atoms with Crippen molar-refractivity contribution in [3.8, 4) is 0 Å². The van der Waals surface area contributed by atoms with Gasteiger partial charge in [-0.05, 0) is 31.4 Å². The van der Waals surface area contributed by atoms with Gasteiger partial charge < -0.3 is 5.32 Å². The molecule has 1 aromatic carbocycles. The molecule has 1 saturated heterocycles. The van der Waals surface area contributed by atoms with Crippen molar-refractivity contribution in [2.75, 3.05) is 6.54 Å². The van der Waals surface area contributed by atoms with Gasteiger partial charge in [0.25, 0.3) is 0 Å². The Kier molecular flexibility index (Phi) is 2.36. The summed E-state index contributed by atoms with van der Waals surface area (Å²) in [6, 6.07) is 9.47.